The van der Waals surface area contributed by atoms with E-state index in [1.54, 1.807) is 0 Å². The predicted molar refractivity (Wildman–Crippen MR) is 64.9 cm³/mol. The average molecular weight is 236 g/mol. The SMILES string of the molecule is CC(C)c1ncoc1C(=O)NC1CCCCC1. The molecule has 1 aliphatic rings. The van der Waals surface area contributed by atoms with Crippen LogP contribution < -0.4 is 5.32 Å². The summed E-state index contributed by atoms with van der Waals surface area (Å²) in [6.45, 7) is 4.02. The van der Waals surface area contributed by atoms with Crippen LogP contribution in [-0.4, -0.2) is 16.9 Å². The van der Waals surface area contributed by atoms with Gasteiger partial charge in [-0.2, -0.15) is 0 Å². The molecular formula is C13H20N2O2. The molecule has 0 unspecified atom stereocenters. The van der Waals surface area contributed by atoms with E-state index in [9.17, 15) is 4.79 Å². The largest absolute Gasteiger partial charge is 0.438 e. The molecular weight excluding hydrogens is 216 g/mol. The average Bonchev–Trinajstić information content (AvgIpc) is 2.79. The van der Waals surface area contributed by atoms with Crippen molar-refractivity contribution in [3.05, 3.63) is 17.8 Å². The van der Waals surface area contributed by atoms with Gasteiger partial charge in [-0.25, -0.2) is 4.98 Å². The van der Waals surface area contributed by atoms with Gasteiger partial charge in [0.2, 0.25) is 5.76 Å². The molecule has 1 N–H and O–H groups in total. The maximum Gasteiger partial charge on any atom is 0.289 e. The summed E-state index contributed by atoms with van der Waals surface area (Å²) in [7, 11) is 0. The summed E-state index contributed by atoms with van der Waals surface area (Å²) < 4.78 is 5.21. The second-order valence-electron chi connectivity index (χ2n) is 5.03. The van der Waals surface area contributed by atoms with Crippen LogP contribution in [0.15, 0.2) is 10.8 Å². The van der Waals surface area contributed by atoms with Gasteiger partial charge >= 0.3 is 0 Å². The van der Waals surface area contributed by atoms with Gasteiger partial charge in [-0.1, -0.05) is 33.1 Å². The summed E-state index contributed by atoms with van der Waals surface area (Å²) in [4.78, 5) is 16.2. The minimum Gasteiger partial charge on any atom is -0.438 e. The third-order valence-electron chi connectivity index (χ3n) is 3.29. The second-order valence-corrected chi connectivity index (χ2v) is 5.03. The van der Waals surface area contributed by atoms with E-state index in [0.29, 0.717) is 11.8 Å². The zero-order valence-corrected chi connectivity index (χ0v) is 10.5. The van der Waals surface area contributed by atoms with Gasteiger partial charge in [-0.15, -0.1) is 0 Å². The Hall–Kier alpha value is -1.32. The molecule has 0 spiro atoms. The normalized spacial score (nSPS) is 17.4. The van der Waals surface area contributed by atoms with Crippen molar-refractivity contribution < 1.29 is 9.21 Å². The van der Waals surface area contributed by atoms with Crippen LogP contribution in [-0.2, 0) is 0 Å². The van der Waals surface area contributed by atoms with Gasteiger partial charge in [0.25, 0.3) is 5.91 Å². The van der Waals surface area contributed by atoms with Crippen LogP contribution in [0.1, 0.15) is 68.1 Å². The Morgan fingerprint density at radius 3 is 2.76 bits per heavy atom. The topological polar surface area (TPSA) is 55.1 Å². The van der Waals surface area contributed by atoms with Crippen LogP contribution in [0.5, 0.6) is 0 Å². The van der Waals surface area contributed by atoms with Crippen molar-refractivity contribution in [1.29, 1.82) is 0 Å². The Labute approximate surface area is 102 Å². The Bertz CT molecular complexity index is 379. The maximum atomic E-state index is 12.1. The summed E-state index contributed by atoms with van der Waals surface area (Å²) in [6.07, 6.45) is 7.21. The van der Waals surface area contributed by atoms with E-state index >= 15 is 0 Å². The summed E-state index contributed by atoms with van der Waals surface area (Å²) in [5, 5.41) is 3.04. The van der Waals surface area contributed by atoms with E-state index in [4.69, 9.17) is 4.42 Å². The first-order valence-corrected chi connectivity index (χ1v) is 6.42. The molecule has 1 amide bonds. The number of nitrogens with one attached hydrogen (secondary N) is 1. The van der Waals surface area contributed by atoms with Crippen LogP contribution in [0.4, 0.5) is 0 Å². The van der Waals surface area contributed by atoms with E-state index < -0.39 is 0 Å². The number of amides is 1. The van der Waals surface area contributed by atoms with Crippen LogP contribution in [0, 0.1) is 0 Å². The highest BCUT2D eigenvalue weighted by Gasteiger charge is 2.22. The standard InChI is InChI=1S/C13H20N2O2/c1-9(2)11-12(17-8-14-11)13(16)15-10-6-4-3-5-7-10/h8-10H,3-7H2,1-2H3,(H,15,16). The van der Waals surface area contributed by atoms with Crippen molar-refractivity contribution in [3.63, 3.8) is 0 Å². The van der Waals surface area contributed by atoms with Crippen LogP contribution in [0.2, 0.25) is 0 Å². The third-order valence-corrected chi connectivity index (χ3v) is 3.29. The summed E-state index contributed by atoms with van der Waals surface area (Å²) in [6, 6.07) is 0.307. The van der Waals surface area contributed by atoms with Crippen molar-refractivity contribution in [2.24, 2.45) is 0 Å². The monoisotopic (exact) mass is 236 g/mol. The molecule has 1 aromatic heterocycles. The van der Waals surface area contributed by atoms with Gasteiger partial charge < -0.3 is 9.73 Å². The maximum absolute atomic E-state index is 12.1. The molecule has 94 valence electrons. The van der Waals surface area contributed by atoms with Gasteiger partial charge in [0.15, 0.2) is 6.39 Å². The molecule has 2 rings (SSSR count). The van der Waals surface area contributed by atoms with Crippen molar-refractivity contribution in [1.82, 2.24) is 10.3 Å². The lowest BCUT2D eigenvalue weighted by atomic mass is 9.95. The van der Waals surface area contributed by atoms with Gasteiger partial charge in [0.05, 0.1) is 5.69 Å². The minimum absolute atomic E-state index is 0.113. The van der Waals surface area contributed by atoms with Crippen LogP contribution in [0.25, 0.3) is 0 Å². The highest BCUT2D eigenvalue weighted by atomic mass is 16.3. The highest BCUT2D eigenvalue weighted by molar-refractivity contribution is 5.92. The van der Waals surface area contributed by atoms with E-state index in [1.165, 1.54) is 25.7 Å². The highest BCUT2D eigenvalue weighted by Crippen LogP contribution is 2.20. The molecule has 0 atom stereocenters. The molecule has 0 aromatic carbocycles. The number of hydrogen-bond acceptors (Lipinski definition) is 3. The second kappa shape index (κ2) is 5.34. The first-order valence-electron chi connectivity index (χ1n) is 6.42. The molecule has 4 heteroatoms. The number of carbonyl (C=O) groups excluding carboxylic acids is 1. The zero-order valence-electron chi connectivity index (χ0n) is 10.5. The molecule has 1 saturated carbocycles. The van der Waals surface area contributed by atoms with Gasteiger partial charge in [0.1, 0.15) is 0 Å². The number of rotatable bonds is 3. The number of oxazole rings is 1. The molecule has 1 aromatic rings. The predicted octanol–water partition coefficient (Wildman–Crippen LogP) is 2.86. The lowest BCUT2D eigenvalue weighted by Gasteiger charge is -2.22. The first kappa shape index (κ1) is 12.1. The van der Waals surface area contributed by atoms with E-state index in [-0.39, 0.29) is 11.8 Å². The van der Waals surface area contributed by atoms with Crippen molar-refractivity contribution >= 4 is 5.91 Å². The van der Waals surface area contributed by atoms with E-state index in [2.05, 4.69) is 10.3 Å². The summed E-state index contributed by atoms with van der Waals surface area (Å²) in [5.74, 6) is 0.476. The third kappa shape index (κ3) is 2.87. The fourth-order valence-electron chi connectivity index (χ4n) is 2.33. The van der Waals surface area contributed by atoms with Crippen molar-refractivity contribution in [2.75, 3.05) is 0 Å². The molecule has 1 aliphatic carbocycles. The molecule has 4 nitrogen and oxygen atoms in total. The van der Waals surface area contributed by atoms with Crippen LogP contribution >= 0.6 is 0 Å². The number of hydrogen-bond donors (Lipinski definition) is 1. The van der Waals surface area contributed by atoms with Crippen molar-refractivity contribution in [2.45, 2.75) is 57.9 Å². The Balaban J connectivity index is 2.01. The number of carbonyl (C=O) groups is 1. The van der Waals surface area contributed by atoms with E-state index in [0.717, 1.165) is 18.5 Å². The molecule has 1 fully saturated rings. The Kier molecular flexibility index (Phi) is 3.82. The molecule has 1 heterocycles. The quantitative estimate of drug-likeness (QED) is 0.878. The molecule has 0 bridgehead atoms. The first-order chi connectivity index (χ1) is 8.18. The van der Waals surface area contributed by atoms with Crippen molar-refractivity contribution in [3.8, 4) is 0 Å². The Morgan fingerprint density at radius 1 is 1.41 bits per heavy atom. The van der Waals surface area contributed by atoms with Crippen LogP contribution in [0.3, 0.4) is 0 Å². The lowest BCUT2D eigenvalue weighted by Crippen LogP contribution is -2.36. The zero-order chi connectivity index (χ0) is 12.3. The molecule has 0 radical (unpaired) electrons. The number of aromatic nitrogens is 1. The molecule has 0 aliphatic heterocycles. The van der Waals surface area contributed by atoms with E-state index in [1.807, 2.05) is 13.8 Å². The fraction of sp³-hybridized carbons (Fsp3) is 0.692. The van der Waals surface area contributed by atoms with Gasteiger partial charge in [-0.05, 0) is 18.8 Å². The van der Waals surface area contributed by atoms with Gasteiger partial charge in [-0.3, -0.25) is 4.79 Å². The number of nitrogens with zero attached hydrogens (tertiary/aromatic N) is 1. The minimum atomic E-state index is -0.113. The smallest absolute Gasteiger partial charge is 0.289 e. The molecule has 17 heavy (non-hydrogen) atoms. The Morgan fingerprint density at radius 2 is 2.12 bits per heavy atom. The summed E-state index contributed by atoms with van der Waals surface area (Å²) >= 11 is 0. The molecule has 0 saturated heterocycles. The fourth-order valence-corrected chi connectivity index (χ4v) is 2.33. The summed E-state index contributed by atoms with van der Waals surface area (Å²) in [5.41, 5.74) is 0.748. The lowest BCUT2D eigenvalue weighted by molar-refractivity contribution is 0.0897. The van der Waals surface area contributed by atoms with Gasteiger partial charge in [0, 0.05) is 6.04 Å².